The van der Waals surface area contributed by atoms with Crippen LogP contribution in [0.4, 0.5) is 13.2 Å². The number of hydrogen-bond acceptors (Lipinski definition) is 3. The first-order valence-electron chi connectivity index (χ1n) is 6.49. The molecule has 0 saturated carbocycles. The number of carboxylic acid groups (broad SMARTS) is 1. The normalized spacial score (nSPS) is 14.5. The molecule has 0 aliphatic rings. The van der Waals surface area contributed by atoms with Crippen LogP contribution in [0.3, 0.4) is 0 Å². The van der Waals surface area contributed by atoms with Crippen molar-refractivity contribution < 1.29 is 27.8 Å². The largest absolute Gasteiger partial charge is 0.573 e. The van der Waals surface area contributed by atoms with Crippen LogP contribution in [0, 0.1) is 11.8 Å². The highest BCUT2D eigenvalue weighted by atomic mass is 19.4. The van der Waals surface area contributed by atoms with E-state index >= 15 is 0 Å². The summed E-state index contributed by atoms with van der Waals surface area (Å²) in [7, 11) is 0. The number of nitrogens with two attached hydrogens (primary N) is 1. The molecule has 7 heteroatoms. The van der Waals surface area contributed by atoms with Crippen LogP contribution in [0.2, 0.25) is 0 Å². The van der Waals surface area contributed by atoms with Gasteiger partial charge in [0, 0.05) is 6.54 Å². The van der Waals surface area contributed by atoms with Crippen LogP contribution in [0.15, 0.2) is 24.3 Å². The topological polar surface area (TPSA) is 72.5 Å². The number of alkyl halides is 3. The van der Waals surface area contributed by atoms with E-state index in [1.807, 2.05) is 6.92 Å². The standard InChI is InChI=1S/C14H18F3NO3/c1-9(7-11(8-18)13(19)20)6-10-2-4-12(5-3-10)21-14(15,16)17/h2-5,9,11H,6-8,18H2,1H3,(H,19,20). The van der Waals surface area contributed by atoms with E-state index < -0.39 is 18.2 Å². The molecule has 2 unspecified atom stereocenters. The highest BCUT2D eigenvalue weighted by Crippen LogP contribution is 2.24. The molecular formula is C14H18F3NO3. The Morgan fingerprint density at radius 2 is 1.90 bits per heavy atom. The smallest absolute Gasteiger partial charge is 0.481 e. The van der Waals surface area contributed by atoms with Crippen molar-refractivity contribution in [1.82, 2.24) is 0 Å². The molecule has 0 radical (unpaired) electrons. The first-order chi connectivity index (χ1) is 9.71. The Bertz CT molecular complexity index is 460. The maximum absolute atomic E-state index is 12.0. The van der Waals surface area contributed by atoms with E-state index in [-0.39, 0.29) is 18.2 Å². The molecule has 0 aliphatic heterocycles. The van der Waals surface area contributed by atoms with Crippen molar-refractivity contribution >= 4 is 5.97 Å². The zero-order chi connectivity index (χ0) is 16.0. The van der Waals surface area contributed by atoms with Crippen molar-refractivity contribution in [2.24, 2.45) is 17.6 Å². The number of hydrogen-bond donors (Lipinski definition) is 2. The Labute approximate surface area is 120 Å². The van der Waals surface area contributed by atoms with E-state index in [1.165, 1.54) is 24.3 Å². The van der Waals surface area contributed by atoms with Gasteiger partial charge in [-0.15, -0.1) is 13.2 Å². The van der Waals surface area contributed by atoms with Gasteiger partial charge in [-0.2, -0.15) is 0 Å². The number of aliphatic carboxylic acids is 1. The summed E-state index contributed by atoms with van der Waals surface area (Å²) < 4.78 is 39.8. The van der Waals surface area contributed by atoms with Gasteiger partial charge in [0.2, 0.25) is 0 Å². The first-order valence-corrected chi connectivity index (χ1v) is 6.49. The van der Waals surface area contributed by atoms with Crippen molar-refractivity contribution in [3.8, 4) is 5.75 Å². The number of carbonyl (C=O) groups is 1. The molecular weight excluding hydrogens is 287 g/mol. The Kier molecular flexibility index (Phi) is 6.02. The van der Waals surface area contributed by atoms with Gasteiger partial charge < -0.3 is 15.6 Å². The van der Waals surface area contributed by atoms with Crippen molar-refractivity contribution in [3.63, 3.8) is 0 Å². The highest BCUT2D eigenvalue weighted by molar-refractivity contribution is 5.70. The minimum absolute atomic E-state index is 0.0593. The average molecular weight is 305 g/mol. The molecule has 4 nitrogen and oxygen atoms in total. The second kappa shape index (κ2) is 7.31. The average Bonchev–Trinajstić information content (AvgIpc) is 2.36. The molecule has 0 fully saturated rings. The molecule has 118 valence electrons. The summed E-state index contributed by atoms with van der Waals surface area (Å²) in [5.74, 6) is -1.75. The van der Waals surface area contributed by atoms with E-state index in [4.69, 9.17) is 10.8 Å². The number of rotatable bonds is 7. The summed E-state index contributed by atoms with van der Waals surface area (Å²) >= 11 is 0. The highest BCUT2D eigenvalue weighted by Gasteiger charge is 2.31. The summed E-state index contributed by atoms with van der Waals surface area (Å²) in [6, 6.07) is 5.56. The molecule has 0 aliphatic carbocycles. The second-order valence-corrected chi connectivity index (χ2v) is 5.01. The Hall–Kier alpha value is -1.76. The minimum Gasteiger partial charge on any atom is -0.481 e. The number of carboxylic acids is 1. The Morgan fingerprint density at radius 1 is 1.33 bits per heavy atom. The molecule has 3 N–H and O–H groups in total. The van der Waals surface area contributed by atoms with Crippen LogP contribution in [-0.2, 0) is 11.2 Å². The van der Waals surface area contributed by atoms with Crippen LogP contribution in [0.5, 0.6) is 5.75 Å². The summed E-state index contributed by atoms with van der Waals surface area (Å²) in [5, 5.41) is 8.93. The predicted molar refractivity (Wildman–Crippen MR) is 70.8 cm³/mol. The van der Waals surface area contributed by atoms with Crippen molar-refractivity contribution in [1.29, 1.82) is 0 Å². The van der Waals surface area contributed by atoms with Crippen molar-refractivity contribution in [3.05, 3.63) is 29.8 Å². The van der Waals surface area contributed by atoms with Crippen LogP contribution >= 0.6 is 0 Å². The number of halogens is 3. The van der Waals surface area contributed by atoms with Gasteiger partial charge in [-0.25, -0.2) is 0 Å². The molecule has 0 amide bonds. The fourth-order valence-electron chi connectivity index (χ4n) is 2.10. The van der Waals surface area contributed by atoms with E-state index in [0.29, 0.717) is 12.8 Å². The molecule has 0 heterocycles. The van der Waals surface area contributed by atoms with Gasteiger partial charge in [0.1, 0.15) is 5.75 Å². The minimum atomic E-state index is -4.70. The van der Waals surface area contributed by atoms with E-state index in [9.17, 15) is 18.0 Å². The quantitative estimate of drug-likeness (QED) is 0.812. The molecule has 0 aromatic heterocycles. The molecule has 0 spiro atoms. The first kappa shape index (κ1) is 17.3. The van der Waals surface area contributed by atoms with Gasteiger partial charge in [0.05, 0.1) is 5.92 Å². The van der Waals surface area contributed by atoms with E-state index in [0.717, 1.165) is 5.56 Å². The fourth-order valence-corrected chi connectivity index (χ4v) is 2.10. The molecule has 1 aromatic rings. The lowest BCUT2D eigenvalue weighted by Gasteiger charge is -2.16. The Morgan fingerprint density at radius 3 is 2.33 bits per heavy atom. The van der Waals surface area contributed by atoms with Crippen LogP contribution in [0.1, 0.15) is 18.9 Å². The van der Waals surface area contributed by atoms with Crippen LogP contribution in [0.25, 0.3) is 0 Å². The lowest BCUT2D eigenvalue weighted by Crippen LogP contribution is -2.25. The summed E-state index contributed by atoms with van der Waals surface area (Å²) in [5.41, 5.74) is 6.21. The van der Waals surface area contributed by atoms with Gasteiger partial charge in [0.15, 0.2) is 0 Å². The van der Waals surface area contributed by atoms with Crippen molar-refractivity contribution in [2.75, 3.05) is 6.54 Å². The number of ether oxygens (including phenoxy) is 1. The van der Waals surface area contributed by atoms with Crippen LogP contribution < -0.4 is 10.5 Å². The SMILES string of the molecule is CC(Cc1ccc(OC(F)(F)F)cc1)CC(CN)C(=O)O. The number of benzene rings is 1. The molecule has 0 saturated heterocycles. The second-order valence-electron chi connectivity index (χ2n) is 5.01. The van der Waals surface area contributed by atoms with E-state index in [2.05, 4.69) is 4.74 Å². The van der Waals surface area contributed by atoms with Crippen LogP contribution in [-0.4, -0.2) is 24.0 Å². The molecule has 1 aromatic carbocycles. The molecule has 0 bridgehead atoms. The maximum atomic E-state index is 12.0. The zero-order valence-electron chi connectivity index (χ0n) is 11.6. The fraction of sp³-hybridized carbons (Fsp3) is 0.500. The van der Waals surface area contributed by atoms with Gasteiger partial charge >= 0.3 is 12.3 Å². The zero-order valence-corrected chi connectivity index (χ0v) is 11.6. The third kappa shape index (κ3) is 6.48. The van der Waals surface area contributed by atoms with Crippen molar-refractivity contribution in [2.45, 2.75) is 26.1 Å². The van der Waals surface area contributed by atoms with Gasteiger partial charge in [0.25, 0.3) is 0 Å². The molecule has 2 atom stereocenters. The Balaban J connectivity index is 2.57. The van der Waals surface area contributed by atoms with Gasteiger partial charge in [-0.1, -0.05) is 19.1 Å². The summed E-state index contributed by atoms with van der Waals surface area (Å²) in [6.45, 7) is 1.95. The molecule has 1 rings (SSSR count). The van der Waals surface area contributed by atoms with Gasteiger partial charge in [-0.05, 0) is 36.5 Å². The monoisotopic (exact) mass is 305 g/mol. The third-order valence-electron chi connectivity index (χ3n) is 3.06. The summed E-state index contributed by atoms with van der Waals surface area (Å²) in [4.78, 5) is 10.9. The lowest BCUT2D eigenvalue weighted by molar-refractivity contribution is -0.274. The predicted octanol–water partition coefficient (Wildman–Crippen LogP) is 2.81. The maximum Gasteiger partial charge on any atom is 0.573 e. The summed E-state index contributed by atoms with van der Waals surface area (Å²) in [6.07, 6.45) is -3.71. The van der Waals surface area contributed by atoms with E-state index in [1.54, 1.807) is 0 Å². The molecule has 21 heavy (non-hydrogen) atoms. The van der Waals surface area contributed by atoms with Gasteiger partial charge in [-0.3, -0.25) is 4.79 Å². The third-order valence-corrected chi connectivity index (χ3v) is 3.06. The lowest BCUT2D eigenvalue weighted by atomic mass is 9.91.